The van der Waals surface area contributed by atoms with Crippen LogP contribution in [0.25, 0.3) is 0 Å². The molecule has 1 N–H and O–H groups in total. The van der Waals surface area contributed by atoms with Crippen LogP contribution in [0.3, 0.4) is 0 Å². The van der Waals surface area contributed by atoms with Gasteiger partial charge in [0.25, 0.3) is 0 Å². The number of aliphatic hydroxyl groups is 1. The molecular formula is C21H30O3. The topological polar surface area (TPSA) is 54.4 Å². The Kier molecular flexibility index (Phi) is 3.62. The zero-order valence-corrected chi connectivity index (χ0v) is 15.2. The molecule has 3 heteroatoms. The van der Waals surface area contributed by atoms with Crippen LogP contribution in [0, 0.1) is 34.5 Å². The molecular weight excluding hydrogens is 300 g/mol. The molecule has 24 heavy (non-hydrogen) atoms. The van der Waals surface area contributed by atoms with Crippen LogP contribution in [0.1, 0.15) is 65.7 Å². The van der Waals surface area contributed by atoms with Crippen molar-refractivity contribution in [3.63, 3.8) is 0 Å². The summed E-state index contributed by atoms with van der Waals surface area (Å²) in [4.78, 5) is 24.7. The molecule has 0 aromatic carbocycles. The number of fused-ring (bicyclic) bond motifs is 5. The smallest absolute Gasteiger partial charge is 0.163 e. The van der Waals surface area contributed by atoms with Crippen molar-refractivity contribution < 1.29 is 14.7 Å². The van der Waals surface area contributed by atoms with Gasteiger partial charge in [-0.3, -0.25) is 9.59 Å². The first kappa shape index (κ1) is 16.5. The molecule has 0 aromatic heterocycles. The first-order valence-corrected chi connectivity index (χ1v) is 9.77. The molecule has 1 unspecified atom stereocenters. The molecule has 0 heterocycles. The number of Topliss-reactive ketones (excluding diaryl/α,β-unsaturated/α-hetero) is 1. The molecule has 7 atom stereocenters. The van der Waals surface area contributed by atoms with Crippen LogP contribution < -0.4 is 0 Å². The van der Waals surface area contributed by atoms with E-state index in [1.807, 2.05) is 6.92 Å². The van der Waals surface area contributed by atoms with Crippen molar-refractivity contribution in [2.75, 3.05) is 0 Å². The highest BCUT2D eigenvalue weighted by atomic mass is 16.3. The van der Waals surface area contributed by atoms with Crippen LogP contribution >= 0.6 is 0 Å². The molecule has 3 fully saturated rings. The fourth-order valence-corrected chi connectivity index (χ4v) is 7.31. The van der Waals surface area contributed by atoms with E-state index < -0.39 is 11.5 Å². The summed E-state index contributed by atoms with van der Waals surface area (Å²) < 4.78 is 0. The van der Waals surface area contributed by atoms with E-state index in [2.05, 4.69) is 13.8 Å². The lowest BCUT2D eigenvalue weighted by molar-refractivity contribution is -0.154. The van der Waals surface area contributed by atoms with E-state index in [0.29, 0.717) is 17.8 Å². The molecule has 4 rings (SSSR count). The van der Waals surface area contributed by atoms with Crippen LogP contribution in [-0.2, 0) is 9.59 Å². The maximum atomic E-state index is 12.9. The highest BCUT2D eigenvalue weighted by Crippen LogP contribution is 2.66. The number of allylic oxidation sites excluding steroid dienone is 1. The van der Waals surface area contributed by atoms with Crippen molar-refractivity contribution in [2.45, 2.75) is 71.8 Å². The fourth-order valence-electron chi connectivity index (χ4n) is 7.31. The Bertz CT molecular complexity index is 621. The Morgan fingerprint density at radius 3 is 2.67 bits per heavy atom. The Hall–Kier alpha value is -0.960. The second kappa shape index (κ2) is 5.27. The molecule has 0 bridgehead atoms. The van der Waals surface area contributed by atoms with E-state index in [9.17, 15) is 14.7 Å². The van der Waals surface area contributed by atoms with E-state index in [-0.39, 0.29) is 29.3 Å². The third kappa shape index (κ3) is 1.94. The fraction of sp³-hybridized carbons (Fsp3) is 0.810. The van der Waals surface area contributed by atoms with Crippen LogP contribution in [0.4, 0.5) is 0 Å². The van der Waals surface area contributed by atoms with E-state index in [1.165, 1.54) is 19.3 Å². The summed E-state index contributed by atoms with van der Waals surface area (Å²) >= 11 is 0. The van der Waals surface area contributed by atoms with E-state index in [4.69, 9.17) is 0 Å². The van der Waals surface area contributed by atoms with Crippen molar-refractivity contribution in [3.8, 4) is 0 Å². The molecule has 0 spiro atoms. The Balaban J connectivity index is 1.76. The van der Waals surface area contributed by atoms with E-state index in [0.717, 1.165) is 24.8 Å². The highest BCUT2D eigenvalue weighted by molar-refractivity contribution is 6.11. The zero-order chi connectivity index (χ0) is 17.3. The van der Waals surface area contributed by atoms with Gasteiger partial charge in [0.1, 0.15) is 0 Å². The maximum Gasteiger partial charge on any atom is 0.163 e. The first-order valence-electron chi connectivity index (χ1n) is 9.77. The summed E-state index contributed by atoms with van der Waals surface area (Å²) in [7, 11) is 0. The van der Waals surface area contributed by atoms with Gasteiger partial charge in [-0.15, -0.1) is 0 Å². The summed E-state index contributed by atoms with van der Waals surface area (Å²) in [5.74, 6) is 1.76. The van der Waals surface area contributed by atoms with Crippen molar-refractivity contribution in [1.82, 2.24) is 0 Å². The molecule has 0 aromatic rings. The minimum atomic E-state index is -0.609. The van der Waals surface area contributed by atoms with Crippen LogP contribution in [-0.4, -0.2) is 22.8 Å². The molecule has 3 saturated carbocycles. The summed E-state index contributed by atoms with van der Waals surface area (Å²) in [6, 6.07) is 0. The molecule has 0 amide bonds. The third-order valence-electron chi connectivity index (χ3n) is 8.47. The number of hydrogen-bond acceptors (Lipinski definition) is 3. The molecule has 0 radical (unpaired) electrons. The average Bonchev–Trinajstić information content (AvgIpc) is 2.84. The first-order chi connectivity index (χ1) is 11.3. The Morgan fingerprint density at radius 2 is 1.96 bits per heavy atom. The second-order valence-corrected chi connectivity index (χ2v) is 9.23. The van der Waals surface area contributed by atoms with Gasteiger partial charge >= 0.3 is 0 Å². The quantitative estimate of drug-likeness (QED) is 0.746. The van der Waals surface area contributed by atoms with Crippen LogP contribution in [0.15, 0.2) is 11.6 Å². The molecule has 0 saturated heterocycles. The van der Waals surface area contributed by atoms with Gasteiger partial charge in [-0.2, -0.15) is 0 Å². The molecule has 4 aliphatic rings. The maximum absolute atomic E-state index is 12.9. The number of aliphatic hydroxyl groups excluding tert-OH is 1. The Labute approximate surface area is 144 Å². The normalized spacial score (nSPS) is 50.8. The molecule has 3 nitrogen and oxygen atoms in total. The van der Waals surface area contributed by atoms with Crippen molar-refractivity contribution in [1.29, 1.82) is 0 Å². The van der Waals surface area contributed by atoms with Gasteiger partial charge in [-0.05, 0) is 68.3 Å². The van der Waals surface area contributed by atoms with Gasteiger partial charge in [0.05, 0.1) is 17.9 Å². The predicted molar refractivity (Wildman–Crippen MR) is 92.3 cm³/mol. The zero-order valence-electron chi connectivity index (χ0n) is 15.2. The van der Waals surface area contributed by atoms with Gasteiger partial charge in [0.15, 0.2) is 11.6 Å². The summed E-state index contributed by atoms with van der Waals surface area (Å²) in [5.41, 5.74) is 0.611. The molecule has 0 aliphatic heterocycles. The van der Waals surface area contributed by atoms with Crippen molar-refractivity contribution >= 4 is 11.6 Å². The number of ketones is 2. The third-order valence-corrected chi connectivity index (χ3v) is 8.47. The SMILES string of the molecule is CC[C@H]1CC[C@H]2[C@@H]3CCC4=CC(=O)CC(=O)[C@]4(C)[C@H]3C(O)C[C@]12C. The van der Waals surface area contributed by atoms with Gasteiger partial charge in [-0.25, -0.2) is 0 Å². The lowest BCUT2D eigenvalue weighted by atomic mass is 9.45. The van der Waals surface area contributed by atoms with Crippen molar-refractivity contribution in [2.24, 2.45) is 34.5 Å². The number of carbonyl (C=O) groups excluding carboxylic acids is 2. The van der Waals surface area contributed by atoms with E-state index in [1.54, 1.807) is 6.08 Å². The van der Waals surface area contributed by atoms with Gasteiger partial charge in [0.2, 0.25) is 0 Å². The number of hydrogen-bond donors (Lipinski definition) is 1. The average molecular weight is 330 g/mol. The minimum Gasteiger partial charge on any atom is -0.393 e. The van der Waals surface area contributed by atoms with E-state index >= 15 is 0 Å². The monoisotopic (exact) mass is 330 g/mol. The Morgan fingerprint density at radius 1 is 1.21 bits per heavy atom. The van der Waals surface area contributed by atoms with Crippen LogP contribution in [0.5, 0.6) is 0 Å². The largest absolute Gasteiger partial charge is 0.393 e. The number of rotatable bonds is 1. The second-order valence-electron chi connectivity index (χ2n) is 9.23. The highest BCUT2D eigenvalue weighted by Gasteiger charge is 2.63. The lowest BCUT2D eigenvalue weighted by Crippen LogP contribution is -2.59. The van der Waals surface area contributed by atoms with Gasteiger partial charge in [0, 0.05) is 5.92 Å². The standard InChI is InChI=1S/C21H30O3/c1-4-12-6-8-16-15-7-5-13-9-14(22)10-18(24)21(13,3)19(15)17(23)11-20(12,16)2/h9,12,15-17,19,23H,4-8,10-11H2,1-3H3/t12-,15-,16-,17?,19+,20+,21+/m0/s1. The summed E-state index contributed by atoms with van der Waals surface area (Å²) in [6.45, 7) is 6.68. The van der Waals surface area contributed by atoms with Gasteiger partial charge < -0.3 is 5.11 Å². The van der Waals surface area contributed by atoms with Crippen LogP contribution in [0.2, 0.25) is 0 Å². The number of carbonyl (C=O) groups is 2. The lowest BCUT2D eigenvalue weighted by Gasteiger charge is -2.59. The summed E-state index contributed by atoms with van der Waals surface area (Å²) in [6.07, 6.45) is 7.72. The van der Waals surface area contributed by atoms with Crippen molar-refractivity contribution in [3.05, 3.63) is 11.6 Å². The summed E-state index contributed by atoms with van der Waals surface area (Å²) in [5, 5.41) is 11.2. The predicted octanol–water partition coefficient (Wildman–Crippen LogP) is 3.69. The molecule has 4 aliphatic carbocycles. The van der Waals surface area contributed by atoms with Gasteiger partial charge in [-0.1, -0.05) is 25.8 Å². The minimum absolute atomic E-state index is 0.00628. The molecule has 132 valence electrons.